The number of fused-ring (bicyclic) bond motifs is 6. The zero-order chi connectivity index (χ0) is 26.7. The summed E-state index contributed by atoms with van der Waals surface area (Å²) in [6.07, 6.45) is 5.20. The van der Waals surface area contributed by atoms with E-state index in [4.69, 9.17) is 0 Å². The fourth-order valence-electron chi connectivity index (χ4n) is 6.86. The van der Waals surface area contributed by atoms with Gasteiger partial charge in [-0.3, -0.25) is 19.4 Å². The van der Waals surface area contributed by atoms with Crippen LogP contribution in [0.15, 0.2) is 109 Å². The van der Waals surface area contributed by atoms with Crippen LogP contribution in [0.4, 0.5) is 11.4 Å². The van der Waals surface area contributed by atoms with Crippen LogP contribution in [0.1, 0.15) is 38.8 Å². The van der Waals surface area contributed by atoms with Crippen molar-refractivity contribution in [1.82, 2.24) is 4.98 Å². The van der Waals surface area contributed by atoms with Crippen LogP contribution in [0.3, 0.4) is 0 Å². The molecule has 1 fully saturated rings. The van der Waals surface area contributed by atoms with Gasteiger partial charge in [-0.25, -0.2) is 0 Å². The maximum Gasteiger partial charge on any atom is 0.238 e. The van der Waals surface area contributed by atoms with E-state index in [1.807, 2.05) is 78.6 Å². The molecule has 0 aliphatic carbocycles. The molecule has 3 aliphatic rings. The van der Waals surface area contributed by atoms with Gasteiger partial charge in [0.25, 0.3) is 0 Å². The number of carbonyl (C=O) groups is 3. The second-order valence-electron chi connectivity index (χ2n) is 10.3. The third-order valence-electron chi connectivity index (χ3n) is 8.46. The van der Waals surface area contributed by atoms with Gasteiger partial charge in [-0.05, 0) is 42.3 Å². The van der Waals surface area contributed by atoms with Gasteiger partial charge in [0.1, 0.15) is 11.5 Å². The summed E-state index contributed by atoms with van der Waals surface area (Å²) in [5.74, 6) is -1.70. The molecule has 6 nitrogen and oxygen atoms in total. The number of hydrogen-bond donors (Lipinski definition) is 1. The van der Waals surface area contributed by atoms with Crippen molar-refractivity contribution in [3.8, 4) is 0 Å². The van der Waals surface area contributed by atoms with Gasteiger partial charge in [0.05, 0.1) is 12.0 Å². The number of hydrogen-bond acceptors (Lipinski definition) is 5. The van der Waals surface area contributed by atoms with Crippen molar-refractivity contribution in [2.75, 3.05) is 10.2 Å². The van der Waals surface area contributed by atoms with Crippen LogP contribution in [0.2, 0.25) is 0 Å². The average Bonchev–Trinajstić information content (AvgIpc) is 3.45. The molecule has 0 radical (unpaired) electrons. The second-order valence-corrected chi connectivity index (χ2v) is 10.3. The molecule has 0 bridgehead atoms. The molecule has 4 aromatic rings. The number of amides is 1. The Bertz CT molecular complexity index is 1680. The molecule has 4 heterocycles. The number of ketones is 2. The molecule has 6 heteroatoms. The standard InChI is InChI=1S/C33H25N3O3/c1-20-19-27-33(24-12-6-7-13-25(24)35-32(33)39)28(30(37)22-15-17-34-18-16-22)29(31(38)21-9-3-2-4-10-21)36(27)26-14-8-5-11-23(20)26/h2-19,27-29H,1H3,(H,35,39)/t27-,28+,29-,33-/m1/s1. The third-order valence-corrected chi connectivity index (χ3v) is 8.46. The van der Waals surface area contributed by atoms with Crippen molar-refractivity contribution >= 4 is 34.4 Å². The summed E-state index contributed by atoms with van der Waals surface area (Å²) in [7, 11) is 0. The normalized spacial score (nSPS) is 24.4. The molecule has 3 aliphatic heterocycles. The predicted octanol–water partition coefficient (Wildman–Crippen LogP) is 5.33. The zero-order valence-corrected chi connectivity index (χ0v) is 21.2. The first-order valence-corrected chi connectivity index (χ1v) is 13.0. The summed E-state index contributed by atoms with van der Waals surface area (Å²) < 4.78 is 0. The fraction of sp³-hybridized carbons (Fsp3) is 0.152. The first-order chi connectivity index (χ1) is 19.0. The number of Topliss-reactive ketones (excluding diaryl/α,β-unsaturated/α-hetero) is 2. The van der Waals surface area contributed by atoms with Crippen molar-refractivity contribution in [3.05, 3.63) is 132 Å². The molecule has 4 atom stereocenters. The van der Waals surface area contributed by atoms with Gasteiger partial charge in [-0.15, -0.1) is 0 Å². The minimum Gasteiger partial charge on any atom is -0.352 e. The van der Waals surface area contributed by atoms with E-state index in [0.717, 1.165) is 22.4 Å². The number of allylic oxidation sites excluding steroid dienone is 1. The molecule has 0 unspecified atom stereocenters. The van der Waals surface area contributed by atoms with Crippen molar-refractivity contribution in [2.45, 2.75) is 24.4 Å². The van der Waals surface area contributed by atoms with Gasteiger partial charge in [0, 0.05) is 40.5 Å². The molecular weight excluding hydrogens is 486 g/mol. The summed E-state index contributed by atoms with van der Waals surface area (Å²) >= 11 is 0. The molecule has 1 amide bonds. The molecule has 1 saturated heterocycles. The van der Waals surface area contributed by atoms with Crippen LogP contribution in [0.25, 0.3) is 5.57 Å². The van der Waals surface area contributed by atoms with Gasteiger partial charge in [-0.1, -0.05) is 72.8 Å². The van der Waals surface area contributed by atoms with Gasteiger partial charge >= 0.3 is 0 Å². The first-order valence-electron chi connectivity index (χ1n) is 13.0. The van der Waals surface area contributed by atoms with E-state index < -0.39 is 23.4 Å². The van der Waals surface area contributed by atoms with Crippen LogP contribution >= 0.6 is 0 Å². The molecular formula is C33H25N3O3. The first kappa shape index (κ1) is 23.3. The zero-order valence-electron chi connectivity index (χ0n) is 21.2. The van der Waals surface area contributed by atoms with Gasteiger partial charge in [-0.2, -0.15) is 0 Å². The summed E-state index contributed by atoms with van der Waals surface area (Å²) in [6, 6.07) is 26.3. The number of pyridine rings is 1. The predicted molar refractivity (Wildman–Crippen MR) is 150 cm³/mol. The highest BCUT2D eigenvalue weighted by atomic mass is 16.2. The smallest absolute Gasteiger partial charge is 0.238 e. The van der Waals surface area contributed by atoms with Crippen LogP contribution in [0, 0.1) is 5.92 Å². The Kier molecular flexibility index (Phi) is 5.13. The number of nitrogens with one attached hydrogen (secondary N) is 1. The van der Waals surface area contributed by atoms with Crippen molar-refractivity contribution in [2.24, 2.45) is 5.92 Å². The molecule has 39 heavy (non-hydrogen) atoms. The lowest BCUT2D eigenvalue weighted by molar-refractivity contribution is -0.121. The second kappa shape index (κ2) is 8.60. The van der Waals surface area contributed by atoms with Gasteiger partial charge in [0.15, 0.2) is 11.6 Å². The molecule has 190 valence electrons. The number of aromatic nitrogens is 1. The number of nitrogens with zero attached hydrogens (tertiary/aromatic N) is 2. The Labute approximate surface area is 226 Å². The number of para-hydroxylation sites is 2. The van der Waals surface area contributed by atoms with Crippen molar-refractivity contribution in [3.63, 3.8) is 0 Å². The molecule has 1 aromatic heterocycles. The van der Waals surface area contributed by atoms with E-state index in [1.165, 1.54) is 0 Å². The van der Waals surface area contributed by atoms with Crippen LogP contribution in [-0.4, -0.2) is 34.5 Å². The minimum atomic E-state index is -1.32. The number of rotatable bonds is 4. The number of carbonyl (C=O) groups excluding carboxylic acids is 3. The molecule has 7 rings (SSSR count). The van der Waals surface area contributed by atoms with Crippen LogP contribution < -0.4 is 10.2 Å². The highest BCUT2D eigenvalue weighted by molar-refractivity contribution is 6.18. The summed E-state index contributed by atoms with van der Waals surface area (Å²) in [4.78, 5) is 49.6. The van der Waals surface area contributed by atoms with E-state index in [1.54, 1.807) is 36.7 Å². The Morgan fingerprint density at radius 3 is 2.28 bits per heavy atom. The quantitative estimate of drug-likeness (QED) is 0.375. The van der Waals surface area contributed by atoms with Gasteiger partial charge < -0.3 is 10.2 Å². The largest absolute Gasteiger partial charge is 0.352 e. The fourth-order valence-corrected chi connectivity index (χ4v) is 6.86. The Hall–Kier alpha value is -4.84. The molecule has 0 saturated carbocycles. The van der Waals surface area contributed by atoms with Crippen LogP contribution in [0.5, 0.6) is 0 Å². The van der Waals surface area contributed by atoms with Crippen LogP contribution in [-0.2, 0) is 10.2 Å². The minimum absolute atomic E-state index is 0.190. The lowest BCUT2D eigenvalue weighted by Crippen LogP contribution is -2.51. The monoisotopic (exact) mass is 511 g/mol. The third kappa shape index (κ3) is 3.15. The molecule has 3 aromatic carbocycles. The maximum atomic E-state index is 14.6. The van der Waals surface area contributed by atoms with E-state index >= 15 is 0 Å². The summed E-state index contributed by atoms with van der Waals surface area (Å²) in [5, 5.41) is 3.07. The average molecular weight is 512 g/mol. The lowest BCUT2D eigenvalue weighted by atomic mass is 9.64. The summed E-state index contributed by atoms with van der Waals surface area (Å²) in [6.45, 7) is 2.02. The summed E-state index contributed by atoms with van der Waals surface area (Å²) in [5.41, 5.74) is 3.86. The Morgan fingerprint density at radius 1 is 0.821 bits per heavy atom. The highest BCUT2D eigenvalue weighted by Crippen LogP contribution is 2.58. The Balaban J connectivity index is 1.57. The highest BCUT2D eigenvalue weighted by Gasteiger charge is 2.70. The topological polar surface area (TPSA) is 79.4 Å². The Morgan fingerprint density at radius 2 is 1.49 bits per heavy atom. The van der Waals surface area contributed by atoms with E-state index in [-0.39, 0.29) is 17.5 Å². The van der Waals surface area contributed by atoms with Gasteiger partial charge in [0.2, 0.25) is 5.91 Å². The maximum absolute atomic E-state index is 14.6. The molecule has 1 spiro atoms. The van der Waals surface area contributed by atoms with Crippen molar-refractivity contribution in [1.29, 1.82) is 0 Å². The van der Waals surface area contributed by atoms with E-state index in [0.29, 0.717) is 16.8 Å². The number of benzene rings is 3. The van der Waals surface area contributed by atoms with E-state index in [9.17, 15) is 14.4 Å². The SMILES string of the molecule is CC1=C[C@H]2N(c3ccccc31)[C@@H](C(=O)c1ccccc1)[C@@H](C(=O)c1ccncc1)[C@]21C(=O)Nc2ccccc21. The molecule has 1 N–H and O–H groups in total. The number of anilines is 2. The lowest BCUT2D eigenvalue weighted by Gasteiger charge is -2.39. The van der Waals surface area contributed by atoms with Crippen molar-refractivity contribution < 1.29 is 14.4 Å². The van der Waals surface area contributed by atoms with E-state index in [2.05, 4.69) is 16.4 Å².